The number of pyridine rings is 1. The minimum atomic E-state index is 0.0594. The van der Waals surface area contributed by atoms with Crippen LogP contribution in [0.3, 0.4) is 0 Å². The van der Waals surface area contributed by atoms with E-state index >= 15 is 0 Å². The second-order valence-electron chi connectivity index (χ2n) is 7.45. The Morgan fingerprint density at radius 2 is 1.80 bits per heavy atom. The van der Waals surface area contributed by atoms with E-state index in [0.29, 0.717) is 5.88 Å². The number of alkyl halides is 1. The highest BCUT2D eigenvalue weighted by atomic mass is 35.5. The van der Waals surface area contributed by atoms with Crippen molar-refractivity contribution in [2.75, 3.05) is 18.0 Å². The van der Waals surface area contributed by atoms with Gasteiger partial charge in [0, 0.05) is 30.1 Å². The van der Waals surface area contributed by atoms with Crippen molar-refractivity contribution in [2.24, 2.45) is 11.8 Å². The minimum absolute atomic E-state index is 0.0594. The van der Waals surface area contributed by atoms with Crippen LogP contribution in [0, 0.1) is 11.8 Å². The van der Waals surface area contributed by atoms with E-state index in [1.807, 2.05) is 0 Å². The number of rotatable bonds is 2. The van der Waals surface area contributed by atoms with E-state index in [0.717, 1.165) is 36.4 Å². The number of halogens is 1. The van der Waals surface area contributed by atoms with E-state index in [4.69, 9.17) is 16.6 Å². The highest BCUT2D eigenvalue weighted by Gasteiger charge is 2.24. The molecule has 0 spiro atoms. The standard InChI is InChI=1S/C17H27ClN2/c1-12-6-13(2)11-20(10-12)16-8-14(9-18)7-15(19-16)17(3,4)5/h7-8,12-13H,6,9-11H2,1-5H3. The lowest BCUT2D eigenvalue weighted by molar-refractivity contribution is 0.355. The van der Waals surface area contributed by atoms with E-state index in [-0.39, 0.29) is 5.41 Å². The van der Waals surface area contributed by atoms with Crippen molar-refractivity contribution in [2.45, 2.75) is 52.3 Å². The Kier molecular flexibility index (Phi) is 4.63. The second kappa shape index (κ2) is 5.93. The second-order valence-corrected chi connectivity index (χ2v) is 7.72. The maximum Gasteiger partial charge on any atom is 0.129 e. The van der Waals surface area contributed by atoms with Crippen LogP contribution in [0.25, 0.3) is 0 Å². The van der Waals surface area contributed by atoms with Crippen LogP contribution in [0.2, 0.25) is 0 Å². The molecule has 0 amide bonds. The molecule has 1 fully saturated rings. The molecule has 2 unspecified atom stereocenters. The molecule has 1 aliphatic heterocycles. The van der Waals surface area contributed by atoms with Crippen LogP contribution in [0.15, 0.2) is 12.1 Å². The molecule has 0 saturated carbocycles. The number of nitrogens with zero attached hydrogens (tertiary/aromatic N) is 2. The van der Waals surface area contributed by atoms with Gasteiger partial charge in [-0.05, 0) is 36.0 Å². The number of hydrogen-bond acceptors (Lipinski definition) is 2. The Morgan fingerprint density at radius 1 is 1.20 bits per heavy atom. The van der Waals surface area contributed by atoms with E-state index in [1.54, 1.807) is 0 Å². The molecule has 0 N–H and O–H groups in total. The number of anilines is 1. The van der Waals surface area contributed by atoms with Gasteiger partial charge in [0.05, 0.1) is 0 Å². The molecular formula is C17H27ClN2. The van der Waals surface area contributed by atoms with Crippen LogP contribution in [0.1, 0.15) is 52.3 Å². The summed E-state index contributed by atoms with van der Waals surface area (Å²) >= 11 is 6.07. The molecule has 0 aromatic carbocycles. The molecule has 112 valence electrons. The summed E-state index contributed by atoms with van der Waals surface area (Å²) in [5.41, 5.74) is 2.37. The largest absolute Gasteiger partial charge is 0.356 e. The molecular weight excluding hydrogens is 268 g/mol. The van der Waals surface area contributed by atoms with Gasteiger partial charge in [-0.2, -0.15) is 0 Å². The smallest absolute Gasteiger partial charge is 0.129 e. The molecule has 20 heavy (non-hydrogen) atoms. The third-order valence-electron chi connectivity index (χ3n) is 3.99. The molecule has 2 heterocycles. The fourth-order valence-electron chi connectivity index (χ4n) is 3.04. The molecule has 0 bridgehead atoms. The van der Waals surface area contributed by atoms with Crippen LogP contribution in [0.4, 0.5) is 5.82 Å². The fraction of sp³-hybridized carbons (Fsp3) is 0.706. The van der Waals surface area contributed by atoms with Gasteiger partial charge in [-0.1, -0.05) is 34.6 Å². The topological polar surface area (TPSA) is 16.1 Å². The molecule has 2 atom stereocenters. The Bertz CT molecular complexity index is 455. The quantitative estimate of drug-likeness (QED) is 0.741. The first kappa shape index (κ1) is 15.6. The molecule has 1 aromatic rings. The lowest BCUT2D eigenvalue weighted by Gasteiger charge is -2.36. The zero-order chi connectivity index (χ0) is 14.9. The fourth-order valence-corrected chi connectivity index (χ4v) is 3.20. The van der Waals surface area contributed by atoms with Crippen molar-refractivity contribution in [3.05, 3.63) is 23.4 Å². The molecule has 0 radical (unpaired) electrons. The summed E-state index contributed by atoms with van der Waals surface area (Å²) in [6, 6.07) is 4.31. The lowest BCUT2D eigenvalue weighted by atomic mass is 9.90. The first-order chi connectivity index (χ1) is 9.29. The summed E-state index contributed by atoms with van der Waals surface area (Å²) in [6.07, 6.45) is 1.32. The van der Waals surface area contributed by atoms with Crippen LogP contribution in [-0.4, -0.2) is 18.1 Å². The van der Waals surface area contributed by atoms with Gasteiger partial charge in [-0.25, -0.2) is 4.98 Å². The first-order valence-corrected chi connectivity index (χ1v) is 8.15. The summed E-state index contributed by atoms with van der Waals surface area (Å²) in [5, 5.41) is 0. The third-order valence-corrected chi connectivity index (χ3v) is 4.30. The van der Waals surface area contributed by atoms with Crippen molar-refractivity contribution in [3.63, 3.8) is 0 Å². The van der Waals surface area contributed by atoms with Gasteiger partial charge in [0.25, 0.3) is 0 Å². The predicted molar refractivity (Wildman–Crippen MR) is 87.7 cm³/mol. The van der Waals surface area contributed by atoms with Crippen molar-refractivity contribution in [1.82, 2.24) is 4.98 Å². The molecule has 2 rings (SSSR count). The molecule has 2 nitrogen and oxygen atoms in total. The summed E-state index contributed by atoms with van der Waals surface area (Å²) in [5.74, 6) is 3.13. The van der Waals surface area contributed by atoms with E-state index < -0.39 is 0 Å². The Balaban J connectivity index is 2.35. The van der Waals surface area contributed by atoms with Crippen molar-refractivity contribution < 1.29 is 0 Å². The van der Waals surface area contributed by atoms with Gasteiger partial charge in [-0.3, -0.25) is 0 Å². The number of hydrogen-bond donors (Lipinski definition) is 0. The molecule has 3 heteroatoms. The van der Waals surface area contributed by atoms with Crippen molar-refractivity contribution >= 4 is 17.4 Å². The Labute approximate surface area is 128 Å². The van der Waals surface area contributed by atoms with Crippen molar-refractivity contribution in [1.29, 1.82) is 0 Å². The molecule has 1 aromatic heterocycles. The zero-order valence-electron chi connectivity index (χ0n) is 13.4. The van der Waals surface area contributed by atoms with Gasteiger partial charge in [0.1, 0.15) is 5.82 Å². The number of aromatic nitrogens is 1. The van der Waals surface area contributed by atoms with Crippen LogP contribution in [-0.2, 0) is 11.3 Å². The Hall–Kier alpha value is -0.760. The van der Waals surface area contributed by atoms with Gasteiger partial charge < -0.3 is 4.90 Å². The van der Waals surface area contributed by atoms with E-state index in [2.05, 4.69) is 51.7 Å². The highest BCUT2D eigenvalue weighted by molar-refractivity contribution is 6.17. The number of piperidine rings is 1. The molecule has 1 saturated heterocycles. The first-order valence-electron chi connectivity index (χ1n) is 7.62. The van der Waals surface area contributed by atoms with E-state index in [9.17, 15) is 0 Å². The van der Waals surface area contributed by atoms with Crippen molar-refractivity contribution in [3.8, 4) is 0 Å². The van der Waals surface area contributed by atoms with Gasteiger partial charge >= 0.3 is 0 Å². The van der Waals surface area contributed by atoms with E-state index in [1.165, 1.54) is 12.0 Å². The minimum Gasteiger partial charge on any atom is -0.356 e. The summed E-state index contributed by atoms with van der Waals surface area (Å²) in [4.78, 5) is 7.35. The monoisotopic (exact) mass is 294 g/mol. The van der Waals surface area contributed by atoms with Gasteiger partial charge in [-0.15, -0.1) is 11.6 Å². The van der Waals surface area contributed by atoms with Crippen LogP contribution >= 0.6 is 11.6 Å². The Morgan fingerprint density at radius 3 is 2.30 bits per heavy atom. The lowest BCUT2D eigenvalue weighted by Crippen LogP contribution is -2.39. The van der Waals surface area contributed by atoms with Gasteiger partial charge in [0.2, 0.25) is 0 Å². The SMILES string of the molecule is CC1CC(C)CN(c2cc(CCl)cc(C(C)(C)C)n2)C1. The average molecular weight is 295 g/mol. The van der Waals surface area contributed by atoms with Gasteiger partial charge in [0.15, 0.2) is 0 Å². The summed E-state index contributed by atoms with van der Waals surface area (Å²) in [7, 11) is 0. The summed E-state index contributed by atoms with van der Waals surface area (Å²) < 4.78 is 0. The maximum atomic E-state index is 6.07. The maximum absolute atomic E-state index is 6.07. The normalized spacial score (nSPS) is 24.0. The zero-order valence-corrected chi connectivity index (χ0v) is 14.2. The van der Waals surface area contributed by atoms with Crippen LogP contribution in [0.5, 0.6) is 0 Å². The van der Waals surface area contributed by atoms with Crippen LogP contribution < -0.4 is 4.90 Å². The predicted octanol–water partition coefficient (Wildman–Crippen LogP) is 4.60. The molecule has 1 aliphatic rings. The summed E-state index contributed by atoms with van der Waals surface area (Å²) in [6.45, 7) is 13.5. The molecule has 0 aliphatic carbocycles. The highest BCUT2D eigenvalue weighted by Crippen LogP contribution is 2.29. The average Bonchev–Trinajstić information content (AvgIpc) is 2.36. The third kappa shape index (κ3) is 3.66.